The van der Waals surface area contributed by atoms with Gasteiger partial charge in [-0.1, -0.05) is 0 Å². The number of ether oxygens (including phenoxy) is 2. The second-order valence-corrected chi connectivity index (χ2v) is 7.88. The third kappa shape index (κ3) is 3.81. The number of pyridine rings is 1. The van der Waals surface area contributed by atoms with Gasteiger partial charge < -0.3 is 14.4 Å². The molecule has 2 saturated heterocycles. The van der Waals surface area contributed by atoms with Crippen LogP contribution in [0.25, 0.3) is 11.4 Å². The second kappa shape index (κ2) is 6.66. The van der Waals surface area contributed by atoms with Gasteiger partial charge in [-0.3, -0.25) is 4.98 Å². The van der Waals surface area contributed by atoms with Crippen LogP contribution in [0.3, 0.4) is 0 Å². The Labute approximate surface area is 160 Å². The molecule has 2 aromatic heterocycles. The summed E-state index contributed by atoms with van der Waals surface area (Å²) in [5, 5.41) is 0. The zero-order valence-electron chi connectivity index (χ0n) is 15.7. The molecule has 4 rings (SSSR count). The van der Waals surface area contributed by atoms with Gasteiger partial charge in [0.2, 0.25) is 0 Å². The first-order chi connectivity index (χ1) is 13.2. The normalized spacial score (nSPS) is 24.7. The standard InChI is InChI=1S/C19H21F3N4O2/c1-17(2)10-26(11-18(28-17)5-7-27-12-18)15-8-14(19(20,21)22)24-16(25-15)13-4-3-6-23-9-13/h3-4,6,8-9H,5,7,10-12H2,1-2H3. The molecule has 1 atom stereocenters. The number of hydrogen-bond acceptors (Lipinski definition) is 6. The maximum absolute atomic E-state index is 13.5. The quantitative estimate of drug-likeness (QED) is 0.779. The van der Waals surface area contributed by atoms with Crippen LogP contribution in [0.4, 0.5) is 19.0 Å². The molecular weight excluding hydrogens is 373 g/mol. The Balaban J connectivity index is 1.77. The minimum atomic E-state index is -4.58. The topological polar surface area (TPSA) is 60.4 Å². The van der Waals surface area contributed by atoms with Gasteiger partial charge in [-0.25, -0.2) is 9.97 Å². The van der Waals surface area contributed by atoms with E-state index in [1.165, 1.54) is 6.20 Å². The first kappa shape index (κ1) is 19.1. The van der Waals surface area contributed by atoms with Gasteiger partial charge in [-0.15, -0.1) is 0 Å². The van der Waals surface area contributed by atoms with Gasteiger partial charge in [-0.05, 0) is 26.0 Å². The largest absolute Gasteiger partial charge is 0.433 e. The van der Waals surface area contributed by atoms with E-state index in [2.05, 4.69) is 15.0 Å². The molecular formula is C19H21F3N4O2. The average Bonchev–Trinajstić information content (AvgIpc) is 3.07. The first-order valence-corrected chi connectivity index (χ1v) is 9.06. The fourth-order valence-corrected chi connectivity index (χ4v) is 3.84. The molecule has 28 heavy (non-hydrogen) atoms. The summed E-state index contributed by atoms with van der Waals surface area (Å²) in [5.74, 6) is 0.225. The van der Waals surface area contributed by atoms with Crippen molar-refractivity contribution < 1.29 is 22.6 Å². The molecule has 6 nitrogen and oxygen atoms in total. The van der Waals surface area contributed by atoms with E-state index >= 15 is 0 Å². The van der Waals surface area contributed by atoms with Crippen LogP contribution in [0.5, 0.6) is 0 Å². The fourth-order valence-electron chi connectivity index (χ4n) is 3.84. The molecule has 0 radical (unpaired) electrons. The molecule has 0 N–H and O–H groups in total. The third-order valence-electron chi connectivity index (χ3n) is 4.86. The lowest BCUT2D eigenvalue weighted by Crippen LogP contribution is -2.60. The van der Waals surface area contributed by atoms with Gasteiger partial charge in [0.05, 0.1) is 18.8 Å². The van der Waals surface area contributed by atoms with Gasteiger partial charge in [-0.2, -0.15) is 13.2 Å². The van der Waals surface area contributed by atoms with Crippen LogP contribution in [-0.4, -0.2) is 52.5 Å². The maximum Gasteiger partial charge on any atom is 0.433 e. The summed E-state index contributed by atoms with van der Waals surface area (Å²) < 4.78 is 52.3. The summed E-state index contributed by atoms with van der Waals surface area (Å²) in [6.07, 6.45) is -0.884. The zero-order valence-corrected chi connectivity index (χ0v) is 15.7. The number of aromatic nitrogens is 3. The number of nitrogens with zero attached hydrogens (tertiary/aromatic N) is 4. The summed E-state index contributed by atoms with van der Waals surface area (Å²) >= 11 is 0. The highest BCUT2D eigenvalue weighted by Gasteiger charge is 2.47. The molecule has 4 heterocycles. The predicted octanol–water partition coefficient (Wildman–Crippen LogP) is 3.33. The summed E-state index contributed by atoms with van der Waals surface area (Å²) in [7, 11) is 0. The van der Waals surface area contributed by atoms with Crippen LogP contribution in [0.2, 0.25) is 0 Å². The van der Waals surface area contributed by atoms with Crippen molar-refractivity contribution in [3.05, 3.63) is 36.3 Å². The molecule has 0 aromatic carbocycles. The summed E-state index contributed by atoms with van der Waals surface area (Å²) in [6, 6.07) is 4.29. The molecule has 0 bridgehead atoms. The third-order valence-corrected chi connectivity index (χ3v) is 4.86. The van der Waals surface area contributed by atoms with Crippen LogP contribution >= 0.6 is 0 Å². The van der Waals surface area contributed by atoms with E-state index < -0.39 is 23.1 Å². The van der Waals surface area contributed by atoms with E-state index in [1.807, 2.05) is 18.7 Å². The molecule has 1 spiro atoms. The monoisotopic (exact) mass is 394 g/mol. The van der Waals surface area contributed by atoms with E-state index in [4.69, 9.17) is 9.47 Å². The van der Waals surface area contributed by atoms with Crippen molar-refractivity contribution in [1.82, 2.24) is 15.0 Å². The molecule has 2 aromatic rings. The SMILES string of the molecule is CC1(C)CN(c2cc(C(F)(F)F)nc(-c3cccnc3)n2)CC2(CCOC2)O1. The minimum Gasteiger partial charge on any atom is -0.378 e. The van der Waals surface area contributed by atoms with Crippen molar-refractivity contribution in [2.24, 2.45) is 0 Å². The predicted molar refractivity (Wildman–Crippen MR) is 95.8 cm³/mol. The summed E-state index contributed by atoms with van der Waals surface area (Å²) in [6.45, 7) is 5.66. The van der Waals surface area contributed by atoms with Gasteiger partial charge in [0.25, 0.3) is 0 Å². The zero-order chi connectivity index (χ0) is 20.0. The fraction of sp³-hybridized carbons (Fsp3) is 0.526. The Morgan fingerprint density at radius 2 is 2.00 bits per heavy atom. The Morgan fingerprint density at radius 3 is 2.64 bits per heavy atom. The number of halogens is 3. The lowest BCUT2D eigenvalue weighted by Gasteiger charge is -2.48. The summed E-state index contributed by atoms with van der Waals surface area (Å²) in [5.41, 5.74) is -1.64. The highest BCUT2D eigenvalue weighted by atomic mass is 19.4. The van der Waals surface area contributed by atoms with E-state index in [0.29, 0.717) is 38.3 Å². The molecule has 1 unspecified atom stereocenters. The number of morpholine rings is 1. The van der Waals surface area contributed by atoms with Gasteiger partial charge in [0.1, 0.15) is 11.4 Å². The summed E-state index contributed by atoms with van der Waals surface area (Å²) in [4.78, 5) is 14.0. The van der Waals surface area contributed by atoms with Crippen LogP contribution in [0.1, 0.15) is 26.0 Å². The number of anilines is 1. The van der Waals surface area contributed by atoms with Crippen molar-refractivity contribution in [2.75, 3.05) is 31.2 Å². The van der Waals surface area contributed by atoms with E-state index in [9.17, 15) is 13.2 Å². The molecule has 2 fully saturated rings. The Kier molecular flexibility index (Phi) is 4.54. The van der Waals surface area contributed by atoms with Crippen LogP contribution in [-0.2, 0) is 15.7 Å². The molecule has 150 valence electrons. The average molecular weight is 394 g/mol. The molecule has 0 aliphatic carbocycles. The van der Waals surface area contributed by atoms with Gasteiger partial charge in [0, 0.05) is 43.6 Å². The van der Waals surface area contributed by atoms with E-state index in [0.717, 1.165) is 6.07 Å². The number of hydrogen-bond donors (Lipinski definition) is 0. The smallest absolute Gasteiger partial charge is 0.378 e. The van der Waals surface area contributed by atoms with Crippen LogP contribution in [0, 0.1) is 0 Å². The van der Waals surface area contributed by atoms with Crippen molar-refractivity contribution in [1.29, 1.82) is 0 Å². The highest BCUT2D eigenvalue weighted by molar-refractivity contribution is 5.57. The minimum absolute atomic E-state index is 0.000977. The molecule has 9 heteroatoms. The Hall–Kier alpha value is -2.26. The van der Waals surface area contributed by atoms with E-state index in [-0.39, 0.29) is 11.6 Å². The van der Waals surface area contributed by atoms with Crippen molar-refractivity contribution in [2.45, 2.75) is 37.6 Å². The Morgan fingerprint density at radius 1 is 1.18 bits per heavy atom. The number of rotatable bonds is 2. The molecule has 2 aliphatic heterocycles. The maximum atomic E-state index is 13.5. The van der Waals surface area contributed by atoms with Crippen molar-refractivity contribution in [3.63, 3.8) is 0 Å². The van der Waals surface area contributed by atoms with Crippen LogP contribution in [0.15, 0.2) is 30.6 Å². The Bertz CT molecular complexity index is 852. The lowest BCUT2D eigenvalue weighted by atomic mass is 9.95. The van der Waals surface area contributed by atoms with Crippen molar-refractivity contribution >= 4 is 5.82 Å². The lowest BCUT2D eigenvalue weighted by molar-refractivity contribution is -0.151. The first-order valence-electron chi connectivity index (χ1n) is 9.06. The number of alkyl halides is 3. The van der Waals surface area contributed by atoms with Gasteiger partial charge >= 0.3 is 6.18 Å². The second-order valence-electron chi connectivity index (χ2n) is 7.88. The molecule has 0 amide bonds. The van der Waals surface area contributed by atoms with Gasteiger partial charge in [0.15, 0.2) is 11.5 Å². The molecule has 2 aliphatic rings. The van der Waals surface area contributed by atoms with E-state index in [1.54, 1.807) is 18.3 Å². The van der Waals surface area contributed by atoms with Crippen LogP contribution < -0.4 is 4.90 Å². The molecule has 0 saturated carbocycles. The highest BCUT2D eigenvalue weighted by Crippen LogP contribution is 2.38. The van der Waals surface area contributed by atoms with Crippen molar-refractivity contribution in [3.8, 4) is 11.4 Å².